The number of rotatable bonds is 5. The summed E-state index contributed by atoms with van der Waals surface area (Å²) in [5.74, 6) is 0. The van der Waals surface area contributed by atoms with Crippen LogP contribution >= 0.6 is 0 Å². The van der Waals surface area contributed by atoms with Gasteiger partial charge < -0.3 is 24.8 Å². The minimum atomic E-state index is -4.88. The van der Waals surface area contributed by atoms with Crippen LogP contribution in [0, 0.1) is 0 Å². The molecule has 0 aromatic heterocycles. The molecule has 1 saturated heterocycles. The maximum Gasteiger partial charge on any atom is 0.217 e. The zero-order chi connectivity index (χ0) is 13.1. The van der Waals surface area contributed by atoms with Crippen molar-refractivity contribution in [2.24, 2.45) is 0 Å². The van der Waals surface area contributed by atoms with Gasteiger partial charge in [0.2, 0.25) is 16.8 Å². The first-order chi connectivity index (χ1) is 7.85. The number of hydrogen-bond donors (Lipinski definition) is 3. The monoisotopic (exact) mass is 270 g/mol. The highest BCUT2D eigenvalue weighted by atomic mass is 32.3. The molecule has 1 aliphatic rings. The van der Waals surface area contributed by atoms with E-state index in [1.807, 2.05) is 0 Å². The van der Waals surface area contributed by atoms with Crippen LogP contribution in [0.3, 0.4) is 0 Å². The van der Waals surface area contributed by atoms with E-state index in [0.29, 0.717) is 6.41 Å². The first kappa shape index (κ1) is 14.3. The van der Waals surface area contributed by atoms with Crippen LogP contribution in [0.15, 0.2) is 0 Å². The number of carbonyl (C=O) groups excluding carboxylic acids is 1. The summed E-state index contributed by atoms with van der Waals surface area (Å²) in [6.45, 7) is -0.832. The summed E-state index contributed by atoms with van der Waals surface area (Å²) in [6.07, 6.45) is -3.62. The van der Waals surface area contributed by atoms with Gasteiger partial charge in [-0.25, -0.2) is 8.42 Å². The SMILES string of the molecule is O=CNC1COC(COS(=O)(=O)[O-])[C@H](O)[C@@H]1O. The van der Waals surface area contributed by atoms with Crippen LogP contribution < -0.4 is 5.32 Å². The van der Waals surface area contributed by atoms with Crippen molar-refractivity contribution in [3.63, 3.8) is 0 Å². The Morgan fingerprint density at radius 2 is 2.12 bits per heavy atom. The largest absolute Gasteiger partial charge is 0.726 e. The maximum absolute atomic E-state index is 10.2. The predicted octanol–water partition coefficient (Wildman–Crippen LogP) is -3.30. The molecule has 1 amide bonds. The molecule has 1 fully saturated rings. The number of aliphatic hydroxyl groups is 2. The van der Waals surface area contributed by atoms with E-state index in [-0.39, 0.29) is 6.61 Å². The van der Waals surface area contributed by atoms with Crippen molar-refractivity contribution < 1.29 is 36.9 Å². The zero-order valence-corrected chi connectivity index (χ0v) is 9.37. The molecule has 17 heavy (non-hydrogen) atoms. The minimum absolute atomic E-state index is 0.135. The van der Waals surface area contributed by atoms with Crippen LogP contribution in [0.5, 0.6) is 0 Å². The number of carbonyl (C=O) groups is 1. The van der Waals surface area contributed by atoms with Crippen molar-refractivity contribution in [2.45, 2.75) is 24.4 Å². The van der Waals surface area contributed by atoms with Crippen molar-refractivity contribution in [2.75, 3.05) is 13.2 Å². The fourth-order valence-electron chi connectivity index (χ4n) is 1.41. The van der Waals surface area contributed by atoms with Crippen LogP contribution in [0.4, 0.5) is 0 Å². The molecular weight excluding hydrogens is 258 g/mol. The van der Waals surface area contributed by atoms with Gasteiger partial charge in [-0.3, -0.25) is 8.98 Å². The van der Waals surface area contributed by atoms with Crippen molar-refractivity contribution in [1.82, 2.24) is 5.32 Å². The number of nitrogens with one attached hydrogen (secondary N) is 1. The summed E-state index contributed by atoms with van der Waals surface area (Å²) in [6, 6.07) is -0.803. The van der Waals surface area contributed by atoms with Gasteiger partial charge in [0, 0.05) is 0 Å². The summed E-state index contributed by atoms with van der Waals surface area (Å²) in [5.41, 5.74) is 0. The van der Waals surface area contributed by atoms with Gasteiger partial charge in [-0.15, -0.1) is 0 Å². The first-order valence-electron chi connectivity index (χ1n) is 4.63. The molecule has 0 aliphatic carbocycles. The lowest BCUT2D eigenvalue weighted by Crippen LogP contribution is -2.59. The fraction of sp³-hybridized carbons (Fsp3) is 0.857. The van der Waals surface area contributed by atoms with E-state index in [0.717, 1.165) is 0 Å². The molecule has 2 unspecified atom stereocenters. The van der Waals surface area contributed by atoms with Gasteiger partial charge in [0.15, 0.2) is 0 Å². The second-order valence-corrected chi connectivity index (χ2v) is 4.49. The summed E-state index contributed by atoms with van der Waals surface area (Å²) in [4.78, 5) is 10.2. The number of amides is 1. The Morgan fingerprint density at radius 1 is 1.47 bits per heavy atom. The van der Waals surface area contributed by atoms with Gasteiger partial charge in [-0.05, 0) is 0 Å². The zero-order valence-electron chi connectivity index (χ0n) is 8.55. The molecule has 0 saturated carbocycles. The average molecular weight is 270 g/mol. The Kier molecular flexibility index (Phi) is 4.80. The standard InChI is InChI=1S/C7H13NO8S/c9-3-8-4-1-15-5(7(11)6(4)10)2-16-17(12,13)14/h3-7,10-11H,1-2H2,(H,8,9)(H,12,13,14)/p-1/t4?,5?,6-,7+/m1/s1. The maximum atomic E-state index is 10.2. The van der Waals surface area contributed by atoms with E-state index in [9.17, 15) is 28.0 Å². The molecule has 3 N–H and O–H groups in total. The lowest BCUT2D eigenvalue weighted by atomic mass is 9.99. The van der Waals surface area contributed by atoms with Gasteiger partial charge >= 0.3 is 0 Å². The fourth-order valence-corrected chi connectivity index (χ4v) is 1.71. The highest BCUT2D eigenvalue weighted by molar-refractivity contribution is 7.80. The molecule has 0 spiro atoms. The van der Waals surface area contributed by atoms with E-state index in [1.165, 1.54) is 0 Å². The number of hydrogen-bond acceptors (Lipinski definition) is 8. The summed E-state index contributed by atoms with van der Waals surface area (Å²) < 4.78 is 39.5. The predicted molar refractivity (Wildman–Crippen MR) is 50.4 cm³/mol. The van der Waals surface area contributed by atoms with Crippen LogP contribution in [-0.2, 0) is 24.1 Å². The van der Waals surface area contributed by atoms with Crippen LogP contribution in [0.2, 0.25) is 0 Å². The van der Waals surface area contributed by atoms with Crippen LogP contribution in [0.25, 0.3) is 0 Å². The minimum Gasteiger partial charge on any atom is -0.726 e. The van der Waals surface area contributed by atoms with Gasteiger partial charge in [0.05, 0.1) is 19.3 Å². The third kappa shape index (κ3) is 4.18. The molecule has 0 radical (unpaired) electrons. The molecule has 1 aliphatic heterocycles. The number of ether oxygens (including phenoxy) is 1. The van der Waals surface area contributed by atoms with Gasteiger partial charge in [-0.1, -0.05) is 0 Å². The molecule has 0 bridgehead atoms. The van der Waals surface area contributed by atoms with Gasteiger partial charge in [0.1, 0.15) is 18.3 Å². The average Bonchev–Trinajstić information content (AvgIpc) is 2.23. The van der Waals surface area contributed by atoms with Crippen molar-refractivity contribution >= 4 is 16.8 Å². The van der Waals surface area contributed by atoms with E-state index in [2.05, 4.69) is 9.50 Å². The van der Waals surface area contributed by atoms with E-state index < -0.39 is 41.4 Å². The Morgan fingerprint density at radius 3 is 2.65 bits per heavy atom. The second-order valence-electron chi connectivity index (χ2n) is 3.44. The summed E-state index contributed by atoms with van der Waals surface area (Å²) >= 11 is 0. The molecule has 100 valence electrons. The van der Waals surface area contributed by atoms with Crippen molar-refractivity contribution in [3.05, 3.63) is 0 Å². The molecule has 4 atom stereocenters. The number of aliphatic hydroxyl groups excluding tert-OH is 2. The van der Waals surface area contributed by atoms with E-state index in [4.69, 9.17) is 4.74 Å². The Balaban J connectivity index is 2.53. The van der Waals surface area contributed by atoms with E-state index in [1.54, 1.807) is 0 Å². The Hall–Kier alpha value is -0.780. The third-order valence-corrected chi connectivity index (χ3v) is 2.72. The van der Waals surface area contributed by atoms with E-state index >= 15 is 0 Å². The van der Waals surface area contributed by atoms with Crippen LogP contribution in [0.1, 0.15) is 0 Å². The Bertz CT molecular complexity index is 357. The molecular formula is C7H12NO8S-. The van der Waals surface area contributed by atoms with Gasteiger partial charge in [-0.2, -0.15) is 0 Å². The molecule has 0 aromatic carbocycles. The van der Waals surface area contributed by atoms with Gasteiger partial charge in [0.25, 0.3) is 0 Å². The highest BCUT2D eigenvalue weighted by Gasteiger charge is 2.38. The highest BCUT2D eigenvalue weighted by Crippen LogP contribution is 2.16. The molecule has 1 rings (SSSR count). The third-order valence-electron chi connectivity index (χ3n) is 2.29. The summed E-state index contributed by atoms with van der Waals surface area (Å²) in [5, 5.41) is 21.3. The molecule has 10 heteroatoms. The Labute approximate surface area is 97.3 Å². The van der Waals surface area contributed by atoms with Crippen molar-refractivity contribution in [1.29, 1.82) is 0 Å². The smallest absolute Gasteiger partial charge is 0.217 e. The first-order valence-corrected chi connectivity index (χ1v) is 5.96. The molecule has 1 heterocycles. The molecule has 0 aromatic rings. The second kappa shape index (κ2) is 5.71. The quantitative estimate of drug-likeness (QED) is 0.267. The lowest BCUT2D eigenvalue weighted by molar-refractivity contribution is -0.160. The lowest BCUT2D eigenvalue weighted by Gasteiger charge is -2.37. The molecule has 9 nitrogen and oxygen atoms in total. The topological polar surface area (TPSA) is 145 Å². The van der Waals surface area contributed by atoms with Crippen LogP contribution in [-0.4, -0.2) is 67.2 Å². The normalized spacial score (nSPS) is 34.3. The summed E-state index contributed by atoms with van der Waals surface area (Å²) in [7, 11) is -4.88. The van der Waals surface area contributed by atoms with Crippen molar-refractivity contribution in [3.8, 4) is 0 Å².